The van der Waals surface area contributed by atoms with Crippen LogP contribution in [0.3, 0.4) is 0 Å². The molecule has 1 aliphatic heterocycles. The van der Waals surface area contributed by atoms with Crippen molar-refractivity contribution in [3.05, 3.63) is 30.4 Å². The van der Waals surface area contributed by atoms with Gasteiger partial charge in [-0.2, -0.15) is 0 Å². The molecule has 13 heavy (non-hydrogen) atoms. The molecule has 0 fully saturated rings. The molecule has 1 aliphatic rings. The number of nitrogens with zero attached hydrogens (tertiary/aromatic N) is 2. The maximum atomic E-state index is 5.78. The summed E-state index contributed by atoms with van der Waals surface area (Å²) in [5.74, 6) is 0. The lowest BCUT2D eigenvalue weighted by Gasteiger charge is -2.18. The highest BCUT2D eigenvalue weighted by atomic mass is 14.9. The van der Waals surface area contributed by atoms with Crippen molar-refractivity contribution in [2.24, 2.45) is 5.73 Å². The number of hydrogen-bond donors (Lipinski definition) is 2. The van der Waals surface area contributed by atoms with Crippen LogP contribution in [0, 0.1) is 0 Å². The Morgan fingerprint density at radius 2 is 2.15 bits per heavy atom. The Hall–Kier alpha value is -1.26. The fourth-order valence-electron chi connectivity index (χ4n) is 1.41. The molecule has 1 unspecified atom stereocenters. The third kappa shape index (κ3) is 1.91. The maximum absolute atomic E-state index is 5.78. The molecule has 0 saturated heterocycles. The fraction of sp³-hybridized carbons (Fsp3) is 0.333. The van der Waals surface area contributed by atoms with Crippen LogP contribution in [-0.2, 0) is 0 Å². The van der Waals surface area contributed by atoms with Gasteiger partial charge in [-0.05, 0) is 5.57 Å². The molecule has 3 N–H and O–H groups in total. The van der Waals surface area contributed by atoms with Crippen molar-refractivity contribution >= 4 is 5.57 Å². The SMILES string of the molecule is NC1C=C(c2cncnc2)CNC1. The number of hydrogen-bond acceptors (Lipinski definition) is 4. The molecule has 1 aromatic rings. The Labute approximate surface area is 76.9 Å². The third-order valence-corrected chi connectivity index (χ3v) is 2.04. The summed E-state index contributed by atoms with van der Waals surface area (Å²) in [5.41, 5.74) is 8.01. The molecule has 0 aliphatic carbocycles. The normalized spacial score (nSPS) is 22.5. The molecule has 0 amide bonds. The molecule has 2 rings (SSSR count). The number of aromatic nitrogens is 2. The van der Waals surface area contributed by atoms with E-state index in [2.05, 4.69) is 21.4 Å². The van der Waals surface area contributed by atoms with Gasteiger partial charge in [0.05, 0.1) is 0 Å². The average Bonchev–Trinajstić information content (AvgIpc) is 2.19. The van der Waals surface area contributed by atoms with Crippen molar-refractivity contribution in [2.75, 3.05) is 13.1 Å². The Bertz CT molecular complexity index is 307. The van der Waals surface area contributed by atoms with Crippen molar-refractivity contribution < 1.29 is 0 Å². The lowest BCUT2D eigenvalue weighted by molar-refractivity contribution is 0.662. The second kappa shape index (κ2) is 3.64. The molecule has 68 valence electrons. The minimum absolute atomic E-state index is 0.101. The van der Waals surface area contributed by atoms with Crippen molar-refractivity contribution in [2.45, 2.75) is 6.04 Å². The Balaban J connectivity index is 2.26. The van der Waals surface area contributed by atoms with E-state index in [4.69, 9.17) is 5.73 Å². The molecule has 4 nitrogen and oxygen atoms in total. The van der Waals surface area contributed by atoms with Crippen LogP contribution < -0.4 is 11.1 Å². The van der Waals surface area contributed by atoms with Gasteiger partial charge in [0, 0.05) is 37.1 Å². The van der Waals surface area contributed by atoms with Gasteiger partial charge in [-0.1, -0.05) is 6.08 Å². The van der Waals surface area contributed by atoms with E-state index in [1.807, 2.05) is 0 Å². The molecule has 4 heteroatoms. The van der Waals surface area contributed by atoms with E-state index < -0.39 is 0 Å². The first kappa shape index (κ1) is 8.34. The number of nitrogens with two attached hydrogens (primary N) is 1. The highest BCUT2D eigenvalue weighted by Gasteiger charge is 2.10. The number of nitrogens with one attached hydrogen (secondary N) is 1. The summed E-state index contributed by atoms with van der Waals surface area (Å²) in [4.78, 5) is 7.93. The van der Waals surface area contributed by atoms with Crippen molar-refractivity contribution in [3.8, 4) is 0 Å². The van der Waals surface area contributed by atoms with E-state index in [-0.39, 0.29) is 6.04 Å². The fourth-order valence-corrected chi connectivity index (χ4v) is 1.41. The van der Waals surface area contributed by atoms with Crippen LogP contribution in [0.25, 0.3) is 5.57 Å². The standard InChI is InChI=1S/C9H12N4/c10-9-1-7(2-11-5-9)8-3-12-6-13-4-8/h1,3-4,6,9,11H,2,5,10H2. The highest BCUT2D eigenvalue weighted by Crippen LogP contribution is 2.13. The maximum Gasteiger partial charge on any atom is 0.115 e. The first-order valence-electron chi connectivity index (χ1n) is 4.28. The molecule has 0 spiro atoms. The van der Waals surface area contributed by atoms with E-state index in [1.165, 1.54) is 11.9 Å². The summed E-state index contributed by atoms with van der Waals surface area (Å²) in [7, 11) is 0. The topological polar surface area (TPSA) is 63.8 Å². The molecule has 0 aromatic carbocycles. The molecule has 0 saturated carbocycles. The van der Waals surface area contributed by atoms with E-state index >= 15 is 0 Å². The van der Waals surface area contributed by atoms with E-state index in [0.29, 0.717) is 0 Å². The lowest BCUT2D eigenvalue weighted by atomic mass is 10.0. The van der Waals surface area contributed by atoms with Crippen LogP contribution in [0.1, 0.15) is 5.56 Å². The molecular formula is C9H12N4. The quantitative estimate of drug-likeness (QED) is 0.621. The van der Waals surface area contributed by atoms with E-state index in [9.17, 15) is 0 Å². The van der Waals surface area contributed by atoms with E-state index in [0.717, 1.165) is 18.7 Å². The summed E-state index contributed by atoms with van der Waals surface area (Å²) in [6, 6.07) is 0.101. The van der Waals surface area contributed by atoms with Crippen LogP contribution >= 0.6 is 0 Å². The Kier molecular flexibility index (Phi) is 2.33. The summed E-state index contributed by atoms with van der Waals surface area (Å²) in [6.07, 6.45) is 7.20. The summed E-state index contributed by atoms with van der Waals surface area (Å²) < 4.78 is 0. The zero-order valence-electron chi connectivity index (χ0n) is 7.27. The third-order valence-electron chi connectivity index (χ3n) is 2.04. The van der Waals surface area contributed by atoms with Crippen molar-refractivity contribution in [3.63, 3.8) is 0 Å². The molecule has 0 bridgehead atoms. The smallest absolute Gasteiger partial charge is 0.115 e. The first-order valence-corrected chi connectivity index (χ1v) is 4.28. The van der Waals surface area contributed by atoms with Crippen molar-refractivity contribution in [1.82, 2.24) is 15.3 Å². The monoisotopic (exact) mass is 176 g/mol. The van der Waals surface area contributed by atoms with Crippen LogP contribution in [0.2, 0.25) is 0 Å². The van der Waals surface area contributed by atoms with E-state index in [1.54, 1.807) is 12.4 Å². The minimum atomic E-state index is 0.101. The molecule has 0 radical (unpaired) electrons. The lowest BCUT2D eigenvalue weighted by Crippen LogP contribution is -2.37. The summed E-state index contributed by atoms with van der Waals surface area (Å²) in [5, 5.41) is 3.23. The summed E-state index contributed by atoms with van der Waals surface area (Å²) >= 11 is 0. The zero-order chi connectivity index (χ0) is 9.10. The van der Waals surface area contributed by atoms with Crippen LogP contribution in [0.5, 0.6) is 0 Å². The molecule has 1 atom stereocenters. The van der Waals surface area contributed by atoms with Crippen LogP contribution in [0.4, 0.5) is 0 Å². The Morgan fingerprint density at radius 1 is 1.38 bits per heavy atom. The predicted molar refractivity (Wildman–Crippen MR) is 50.9 cm³/mol. The van der Waals surface area contributed by atoms with Gasteiger partial charge >= 0.3 is 0 Å². The van der Waals surface area contributed by atoms with Gasteiger partial charge in [-0.25, -0.2) is 9.97 Å². The molecule has 2 heterocycles. The highest BCUT2D eigenvalue weighted by molar-refractivity contribution is 5.67. The summed E-state index contributed by atoms with van der Waals surface area (Å²) in [6.45, 7) is 1.69. The zero-order valence-corrected chi connectivity index (χ0v) is 7.27. The number of rotatable bonds is 1. The van der Waals surface area contributed by atoms with Crippen molar-refractivity contribution in [1.29, 1.82) is 0 Å². The van der Waals surface area contributed by atoms with Gasteiger partial charge in [0.1, 0.15) is 6.33 Å². The predicted octanol–water partition coefficient (Wildman–Crippen LogP) is -0.209. The second-order valence-corrected chi connectivity index (χ2v) is 3.11. The van der Waals surface area contributed by atoms with Crippen LogP contribution in [-0.4, -0.2) is 29.1 Å². The molecular weight excluding hydrogens is 164 g/mol. The van der Waals surface area contributed by atoms with Gasteiger partial charge < -0.3 is 11.1 Å². The van der Waals surface area contributed by atoms with Crippen LogP contribution in [0.15, 0.2) is 24.8 Å². The van der Waals surface area contributed by atoms with Gasteiger partial charge in [0.25, 0.3) is 0 Å². The average molecular weight is 176 g/mol. The Morgan fingerprint density at radius 3 is 2.85 bits per heavy atom. The van der Waals surface area contributed by atoms with Gasteiger partial charge in [0.15, 0.2) is 0 Å². The van der Waals surface area contributed by atoms with Gasteiger partial charge in [-0.15, -0.1) is 0 Å². The first-order chi connectivity index (χ1) is 6.36. The van der Waals surface area contributed by atoms with Gasteiger partial charge in [-0.3, -0.25) is 0 Å². The molecule has 1 aromatic heterocycles. The minimum Gasteiger partial charge on any atom is -0.323 e. The van der Waals surface area contributed by atoms with Gasteiger partial charge in [0.2, 0.25) is 0 Å². The largest absolute Gasteiger partial charge is 0.323 e. The second-order valence-electron chi connectivity index (χ2n) is 3.11.